The molecule has 1 aromatic rings. The van der Waals surface area contributed by atoms with Crippen LogP contribution in [0.3, 0.4) is 0 Å². The van der Waals surface area contributed by atoms with Gasteiger partial charge in [-0.15, -0.1) is 24.0 Å². The van der Waals surface area contributed by atoms with E-state index < -0.39 is 10.0 Å². The van der Waals surface area contributed by atoms with E-state index in [2.05, 4.69) is 20.2 Å². The van der Waals surface area contributed by atoms with Gasteiger partial charge in [0, 0.05) is 45.1 Å². The number of nitrogens with one attached hydrogen (secondary N) is 2. The van der Waals surface area contributed by atoms with E-state index >= 15 is 0 Å². The molecule has 0 radical (unpaired) electrons. The quantitative estimate of drug-likeness (QED) is 0.315. The van der Waals surface area contributed by atoms with E-state index in [0.29, 0.717) is 32.3 Å². The van der Waals surface area contributed by atoms with E-state index in [-0.39, 0.29) is 36.3 Å². The van der Waals surface area contributed by atoms with E-state index in [0.717, 1.165) is 19.6 Å². The van der Waals surface area contributed by atoms with Gasteiger partial charge in [-0.1, -0.05) is 0 Å². The van der Waals surface area contributed by atoms with Crippen molar-refractivity contribution in [3.63, 3.8) is 0 Å². The molecule has 0 amide bonds. The van der Waals surface area contributed by atoms with Crippen LogP contribution in [0, 0.1) is 0 Å². The highest BCUT2D eigenvalue weighted by Gasteiger charge is 2.23. The third-order valence-corrected chi connectivity index (χ3v) is 5.51. The van der Waals surface area contributed by atoms with Gasteiger partial charge >= 0.3 is 0 Å². The summed E-state index contributed by atoms with van der Waals surface area (Å²) >= 11 is 0. The lowest BCUT2D eigenvalue weighted by molar-refractivity contribution is 0.0731. The summed E-state index contributed by atoms with van der Waals surface area (Å²) in [5, 5.41) is 6.34. The van der Waals surface area contributed by atoms with Crippen molar-refractivity contribution < 1.29 is 13.2 Å². The molecule has 10 heteroatoms. The summed E-state index contributed by atoms with van der Waals surface area (Å²) in [5.74, 6) is 0.656. The van der Waals surface area contributed by atoms with Crippen molar-refractivity contribution in [1.29, 1.82) is 0 Å². The van der Waals surface area contributed by atoms with Crippen molar-refractivity contribution in [2.45, 2.75) is 13.5 Å². The highest BCUT2D eigenvalue weighted by Crippen LogP contribution is 2.05. The molecular formula is C15H28IN5O3S. The fraction of sp³-hybridized carbons (Fsp3) is 0.667. The molecule has 0 aliphatic carbocycles. The molecule has 0 spiro atoms. The molecule has 0 saturated carbocycles. The Morgan fingerprint density at radius 3 is 2.52 bits per heavy atom. The van der Waals surface area contributed by atoms with Gasteiger partial charge in [0.2, 0.25) is 10.0 Å². The molecular weight excluding hydrogens is 457 g/mol. The van der Waals surface area contributed by atoms with Crippen LogP contribution in [0.15, 0.2) is 29.5 Å². The topological polar surface area (TPSA) is 88.0 Å². The second-order valence-electron chi connectivity index (χ2n) is 5.44. The second-order valence-corrected chi connectivity index (χ2v) is 7.52. The van der Waals surface area contributed by atoms with Crippen LogP contribution in [0.1, 0.15) is 6.92 Å². The minimum Gasteiger partial charge on any atom is -0.379 e. The van der Waals surface area contributed by atoms with Crippen molar-refractivity contribution in [3.8, 4) is 0 Å². The summed E-state index contributed by atoms with van der Waals surface area (Å²) in [5.41, 5.74) is 0. The molecule has 144 valence electrons. The highest BCUT2D eigenvalue weighted by molar-refractivity contribution is 14.0. The third-order valence-electron chi connectivity index (χ3n) is 3.66. The van der Waals surface area contributed by atoms with Crippen molar-refractivity contribution >= 4 is 40.0 Å². The van der Waals surface area contributed by atoms with Crippen molar-refractivity contribution in [2.75, 3.05) is 51.7 Å². The van der Waals surface area contributed by atoms with Crippen LogP contribution >= 0.6 is 24.0 Å². The predicted octanol–water partition coefficient (Wildman–Crippen LogP) is 0.323. The smallest absolute Gasteiger partial charge is 0.216 e. The summed E-state index contributed by atoms with van der Waals surface area (Å²) in [6.07, 6.45) is 4.00. The molecule has 1 aliphatic rings. The van der Waals surface area contributed by atoms with E-state index in [9.17, 15) is 8.42 Å². The molecule has 2 heterocycles. The zero-order chi connectivity index (χ0) is 17.3. The summed E-state index contributed by atoms with van der Waals surface area (Å²) in [6.45, 7) is 6.28. The Kier molecular flexibility index (Phi) is 10.4. The number of nitrogens with zero attached hydrogens (tertiary/aromatic N) is 3. The Labute approximate surface area is 167 Å². The molecule has 0 bridgehead atoms. The van der Waals surface area contributed by atoms with E-state index in [1.807, 2.05) is 31.5 Å². The molecule has 8 nitrogen and oxygen atoms in total. The molecule has 2 rings (SSSR count). The number of aliphatic imine (C=N–C) groups is 1. The van der Waals surface area contributed by atoms with E-state index in [1.165, 1.54) is 4.31 Å². The summed E-state index contributed by atoms with van der Waals surface area (Å²) in [7, 11) is -3.26. The first-order chi connectivity index (χ1) is 11.6. The number of hydrogen-bond donors (Lipinski definition) is 2. The minimum atomic E-state index is -3.26. The molecule has 1 saturated heterocycles. The minimum absolute atomic E-state index is 0. The van der Waals surface area contributed by atoms with Crippen LogP contribution < -0.4 is 10.6 Å². The Balaban J connectivity index is 0.00000312. The maximum absolute atomic E-state index is 12.3. The number of guanidine groups is 1. The van der Waals surface area contributed by atoms with Crippen LogP contribution in [0.2, 0.25) is 0 Å². The number of halogens is 1. The first-order valence-electron chi connectivity index (χ1n) is 8.30. The SMILES string of the molecule is CCNC(=NCCS(=O)(=O)N1CCOCC1)NCCn1cccc1.I. The number of aromatic nitrogens is 1. The Morgan fingerprint density at radius 2 is 1.88 bits per heavy atom. The van der Waals surface area contributed by atoms with Gasteiger partial charge in [0.15, 0.2) is 5.96 Å². The third kappa shape index (κ3) is 7.92. The number of ether oxygens (including phenoxy) is 1. The summed E-state index contributed by atoms with van der Waals surface area (Å²) in [6, 6.07) is 3.96. The largest absolute Gasteiger partial charge is 0.379 e. The number of sulfonamides is 1. The van der Waals surface area contributed by atoms with Gasteiger partial charge in [0.25, 0.3) is 0 Å². The first kappa shape index (κ1) is 22.2. The van der Waals surface area contributed by atoms with Gasteiger partial charge in [-0.25, -0.2) is 8.42 Å². The van der Waals surface area contributed by atoms with E-state index in [1.54, 1.807) is 0 Å². The van der Waals surface area contributed by atoms with E-state index in [4.69, 9.17) is 4.74 Å². The maximum atomic E-state index is 12.3. The lowest BCUT2D eigenvalue weighted by Crippen LogP contribution is -2.43. The zero-order valence-electron chi connectivity index (χ0n) is 14.6. The predicted molar refractivity (Wildman–Crippen MR) is 110 cm³/mol. The fourth-order valence-electron chi connectivity index (χ4n) is 2.39. The van der Waals surface area contributed by atoms with Gasteiger partial charge < -0.3 is 19.9 Å². The first-order valence-corrected chi connectivity index (χ1v) is 9.91. The molecule has 1 aromatic heterocycles. The molecule has 0 atom stereocenters. The van der Waals surface area contributed by atoms with Gasteiger partial charge in [-0.05, 0) is 19.1 Å². The lowest BCUT2D eigenvalue weighted by atomic mass is 10.5. The molecule has 25 heavy (non-hydrogen) atoms. The van der Waals surface area contributed by atoms with Crippen LogP contribution in [0.5, 0.6) is 0 Å². The zero-order valence-corrected chi connectivity index (χ0v) is 17.7. The molecule has 1 fully saturated rings. The fourth-order valence-corrected chi connectivity index (χ4v) is 3.68. The summed E-state index contributed by atoms with van der Waals surface area (Å²) in [4.78, 5) is 4.36. The normalized spacial score (nSPS) is 16.3. The number of rotatable bonds is 8. The Hall–Kier alpha value is -0.850. The number of morpholine rings is 1. The molecule has 1 aliphatic heterocycles. The van der Waals surface area contributed by atoms with Crippen LogP contribution in [-0.2, 0) is 21.3 Å². The maximum Gasteiger partial charge on any atom is 0.216 e. The molecule has 0 aromatic carbocycles. The van der Waals surface area contributed by atoms with Crippen molar-refractivity contribution in [3.05, 3.63) is 24.5 Å². The van der Waals surface area contributed by atoms with Crippen LogP contribution in [0.4, 0.5) is 0 Å². The average molecular weight is 485 g/mol. The standard InChI is InChI=1S/C15H27N5O3S.HI/c1-2-16-15(17-5-9-19-7-3-4-8-19)18-6-14-24(21,22)20-10-12-23-13-11-20;/h3-4,7-8H,2,5-6,9-14H2,1H3,(H2,16,17,18);1H. The van der Waals surface area contributed by atoms with Crippen LogP contribution in [0.25, 0.3) is 0 Å². The monoisotopic (exact) mass is 485 g/mol. The average Bonchev–Trinajstić information content (AvgIpc) is 3.09. The van der Waals surface area contributed by atoms with Gasteiger partial charge in [-0.3, -0.25) is 4.99 Å². The molecule has 2 N–H and O–H groups in total. The number of hydrogen-bond acceptors (Lipinski definition) is 4. The van der Waals surface area contributed by atoms with Crippen molar-refractivity contribution in [1.82, 2.24) is 19.5 Å². The second kappa shape index (κ2) is 11.7. The van der Waals surface area contributed by atoms with Crippen LogP contribution in [-0.4, -0.2) is 74.9 Å². The van der Waals surface area contributed by atoms with Gasteiger partial charge in [-0.2, -0.15) is 4.31 Å². The Morgan fingerprint density at radius 1 is 1.20 bits per heavy atom. The summed E-state index contributed by atoms with van der Waals surface area (Å²) < 4.78 is 33.2. The van der Waals surface area contributed by atoms with Crippen molar-refractivity contribution in [2.24, 2.45) is 4.99 Å². The van der Waals surface area contributed by atoms with Gasteiger partial charge in [0.1, 0.15) is 0 Å². The Bertz CT molecular complexity index is 601. The van der Waals surface area contributed by atoms with Gasteiger partial charge in [0.05, 0.1) is 25.5 Å². The lowest BCUT2D eigenvalue weighted by Gasteiger charge is -2.25. The highest BCUT2D eigenvalue weighted by atomic mass is 127. The molecule has 0 unspecified atom stereocenters.